The lowest BCUT2D eigenvalue weighted by Gasteiger charge is -2.13. The molecule has 3 rings (SSSR count). The van der Waals surface area contributed by atoms with Gasteiger partial charge in [-0.1, -0.05) is 30.3 Å². The van der Waals surface area contributed by atoms with E-state index in [1.54, 1.807) is 12.5 Å². The molecule has 0 fully saturated rings. The molecule has 0 bridgehead atoms. The number of nitrogens with zero attached hydrogens (tertiary/aromatic N) is 1. The third-order valence-corrected chi connectivity index (χ3v) is 4.16. The first kappa shape index (κ1) is 16.3. The molecular weight excluding hydrogens is 298 g/mol. The highest BCUT2D eigenvalue weighted by atomic mass is 16.3. The molecule has 2 aromatic heterocycles. The third kappa shape index (κ3) is 4.46. The minimum atomic E-state index is 0.635. The average Bonchev–Trinajstić information content (AvgIpc) is 3.07. The van der Waals surface area contributed by atoms with Gasteiger partial charge in [-0.15, -0.1) is 0 Å². The van der Waals surface area contributed by atoms with Crippen molar-refractivity contribution in [1.82, 2.24) is 4.98 Å². The van der Waals surface area contributed by atoms with Crippen LogP contribution >= 0.6 is 0 Å². The van der Waals surface area contributed by atoms with E-state index in [0.717, 1.165) is 37.3 Å². The summed E-state index contributed by atoms with van der Waals surface area (Å²) >= 11 is 0. The highest BCUT2D eigenvalue weighted by Gasteiger charge is 2.08. The molecule has 0 saturated carbocycles. The SMILES string of the molecule is C[NH+](Cc1cccc(CCc2cccnc2N)c1)Cc1ccco1. The highest BCUT2D eigenvalue weighted by molar-refractivity contribution is 5.39. The zero-order chi connectivity index (χ0) is 16.8. The van der Waals surface area contributed by atoms with Crippen molar-refractivity contribution in [3.05, 3.63) is 83.4 Å². The summed E-state index contributed by atoms with van der Waals surface area (Å²) in [5, 5.41) is 0. The van der Waals surface area contributed by atoms with Crippen LogP contribution in [0.25, 0.3) is 0 Å². The number of aromatic nitrogens is 1. The van der Waals surface area contributed by atoms with Crippen LogP contribution in [0.2, 0.25) is 0 Å². The summed E-state index contributed by atoms with van der Waals surface area (Å²) in [4.78, 5) is 5.55. The van der Waals surface area contributed by atoms with Gasteiger partial charge in [-0.2, -0.15) is 0 Å². The van der Waals surface area contributed by atoms with E-state index in [0.29, 0.717) is 5.82 Å². The lowest BCUT2D eigenvalue weighted by atomic mass is 10.0. The number of rotatable bonds is 7. The van der Waals surface area contributed by atoms with Crippen LogP contribution in [-0.2, 0) is 25.9 Å². The highest BCUT2D eigenvalue weighted by Crippen LogP contribution is 2.13. The topological polar surface area (TPSA) is 56.5 Å². The van der Waals surface area contributed by atoms with Gasteiger partial charge >= 0.3 is 0 Å². The molecule has 0 radical (unpaired) electrons. The summed E-state index contributed by atoms with van der Waals surface area (Å²) in [6.45, 7) is 1.87. The Bertz CT molecular complexity index is 768. The number of benzene rings is 1. The van der Waals surface area contributed by atoms with Crippen LogP contribution in [0.5, 0.6) is 0 Å². The molecule has 0 aliphatic carbocycles. The fourth-order valence-electron chi connectivity index (χ4n) is 2.96. The van der Waals surface area contributed by atoms with E-state index in [1.165, 1.54) is 16.0 Å². The van der Waals surface area contributed by atoms with E-state index in [9.17, 15) is 0 Å². The van der Waals surface area contributed by atoms with Crippen LogP contribution < -0.4 is 10.6 Å². The number of pyridine rings is 1. The minimum Gasteiger partial charge on any atom is -0.463 e. The number of nitrogens with two attached hydrogens (primary N) is 1. The molecule has 3 aromatic rings. The molecule has 24 heavy (non-hydrogen) atoms. The number of anilines is 1. The third-order valence-electron chi connectivity index (χ3n) is 4.16. The van der Waals surface area contributed by atoms with E-state index in [1.807, 2.05) is 24.3 Å². The maximum atomic E-state index is 5.92. The fourth-order valence-corrected chi connectivity index (χ4v) is 2.96. The van der Waals surface area contributed by atoms with Crippen molar-refractivity contribution < 1.29 is 9.32 Å². The Balaban J connectivity index is 1.58. The number of nitrogen functional groups attached to an aromatic ring is 1. The average molecular weight is 322 g/mol. The number of aryl methyl sites for hydroxylation is 2. The quantitative estimate of drug-likeness (QED) is 0.701. The first-order valence-corrected chi connectivity index (χ1v) is 8.31. The van der Waals surface area contributed by atoms with E-state index >= 15 is 0 Å². The van der Waals surface area contributed by atoms with Gasteiger partial charge in [0.05, 0.1) is 13.3 Å². The van der Waals surface area contributed by atoms with Gasteiger partial charge in [0.2, 0.25) is 0 Å². The summed E-state index contributed by atoms with van der Waals surface area (Å²) in [5.41, 5.74) is 9.71. The maximum absolute atomic E-state index is 5.92. The van der Waals surface area contributed by atoms with E-state index in [2.05, 4.69) is 36.3 Å². The van der Waals surface area contributed by atoms with E-state index in [4.69, 9.17) is 10.2 Å². The van der Waals surface area contributed by atoms with Gasteiger partial charge in [-0.05, 0) is 42.2 Å². The Morgan fingerprint density at radius 3 is 2.67 bits per heavy atom. The van der Waals surface area contributed by atoms with Crippen molar-refractivity contribution in [1.29, 1.82) is 0 Å². The standard InChI is InChI=1S/C20H23N3O/c1-23(15-19-8-4-12-24-19)14-17-6-2-5-16(13-17)9-10-18-7-3-11-22-20(18)21/h2-8,11-13H,9-10,14-15H2,1H3,(H2,21,22)/p+1. The zero-order valence-corrected chi connectivity index (χ0v) is 14.0. The lowest BCUT2D eigenvalue weighted by Crippen LogP contribution is -3.06. The molecule has 0 amide bonds. The predicted octanol–water partition coefficient (Wildman–Crippen LogP) is 2.26. The van der Waals surface area contributed by atoms with Crippen LogP contribution in [0.15, 0.2) is 65.4 Å². The van der Waals surface area contributed by atoms with Crippen molar-refractivity contribution >= 4 is 5.82 Å². The van der Waals surface area contributed by atoms with Crippen molar-refractivity contribution in [3.8, 4) is 0 Å². The fraction of sp³-hybridized carbons (Fsp3) is 0.250. The van der Waals surface area contributed by atoms with Crippen LogP contribution in [0.4, 0.5) is 5.82 Å². The van der Waals surface area contributed by atoms with Crippen LogP contribution in [-0.4, -0.2) is 12.0 Å². The van der Waals surface area contributed by atoms with Crippen LogP contribution in [0.3, 0.4) is 0 Å². The van der Waals surface area contributed by atoms with Gasteiger partial charge in [-0.3, -0.25) is 0 Å². The Kier molecular flexibility index (Phi) is 5.29. The number of hydrogen-bond acceptors (Lipinski definition) is 3. The largest absolute Gasteiger partial charge is 0.463 e. The summed E-state index contributed by atoms with van der Waals surface area (Å²) in [7, 11) is 2.19. The molecule has 4 heteroatoms. The molecular formula is C20H24N3O+. The van der Waals surface area contributed by atoms with E-state index in [-0.39, 0.29) is 0 Å². The zero-order valence-electron chi connectivity index (χ0n) is 14.0. The monoisotopic (exact) mass is 322 g/mol. The molecule has 1 aromatic carbocycles. The molecule has 0 aliphatic rings. The Hall–Kier alpha value is -2.59. The summed E-state index contributed by atoms with van der Waals surface area (Å²) in [6.07, 6.45) is 5.35. The minimum absolute atomic E-state index is 0.635. The molecule has 0 saturated heterocycles. The van der Waals surface area contributed by atoms with Gasteiger partial charge in [-0.25, -0.2) is 4.98 Å². The number of quaternary nitrogens is 1. The molecule has 1 atom stereocenters. The van der Waals surface area contributed by atoms with Crippen molar-refractivity contribution in [2.24, 2.45) is 0 Å². The van der Waals surface area contributed by atoms with Crippen molar-refractivity contribution in [2.75, 3.05) is 12.8 Å². The Labute approximate surface area is 142 Å². The predicted molar refractivity (Wildman–Crippen MR) is 95.5 cm³/mol. The molecule has 0 spiro atoms. The second kappa shape index (κ2) is 7.79. The van der Waals surface area contributed by atoms with Gasteiger partial charge in [0, 0.05) is 11.8 Å². The first-order chi connectivity index (χ1) is 11.7. The molecule has 3 N–H and O–H groups in total. The molecule has 124 valence electrons. The lowest BCUT2D eigenvalue weighted by molar-refractivity contribution is -0.908. The Morgan fingerprint density at radius 2 is 1.88 bits per heavy atom. The maximum Gasteiger partial charge on any atom is 0.157 e. The van der Waals surface area contributed by atoms with Crippen molar-refractivity contribution in [3.63, 3.8) is 0 Å². The van der Waals surface area contributed by atoms with Gasteiger partial charge in [0.15, 0.2) is 5.76 Å². The van der Waals surface area contributed by atoms with Gasteiger partial charge in [0.25, 0.3) is 0 Å². The Morgan fingerprint density at radius 1 is 1.00 bits per heavy atom. The first-order valence-electron chi connectivity index (χ1n) is 8.31. The number of furan rings is 1. The van der Waals surface area contributed by atoms with Gasteiger partial charge < -0.3 is 15.1 Å². The van der Waals surface area contributed by atoms with Crippen molar-refractivity contribution in [2.45, 2.75) is 25.9 Å². The molecule has 2 heterocycles. The molecule has 4 nitrogen and oxygen atoms in total. The number of nitrogens with one attached hydrogen (secondary N) is 1. The second-order valence-corrected chi connectivity index (χ2v) is 6.26. The van der Waals surface area contributed by atoms with Crippen LogP contribution in [0.1, 0.15) is 22.5 Å². The summed E-state index contributed by atoms with van der Waals surface area (Å²) in [6, 6.07) is 16.7. The normalized spacial score (nSPS) is 12.2. The van der Waals surface area contributed by atoms with E-state index < -0.39 is 0 Å². The van der Waals surface area contributed by atoms with Gasteiger partial charge in [0.1, 0.15) is 18.9 Å². The van der Waals surface area contributed by atoms with Crippen LogP contribution in [0, 0.1) is 0 Å². The molecule has 1 unspecified atom stereocenters. The summed E-state index contributed by atoms with van der Waals surface area (Å²) < 4.78 is 5.43. The number of hydrogen-bond donors (Lipinski definition) is 2. The molecule has 0 aliphatic heterocycles. The summed E-state index contributed by atoms with van der Waals surface area (Å²) in [5.74, 6) is 1.66. The smallest absolute Gasteiger partial charge is 0.157 e. The second-order valence-electron chi connectivity index (χ2n) is 6.26.